The second kappa shape index (κ2) is 9.73. The molecule has 0 radical (unpaired) electrons. The van der Waals surface area contributed by atoms with Crippen LogP contribution in [-0.4, -0.2) is 31.6 Å². The van der Waals surface area contributed by atoms with Gasteiger partial charge in [0.1, 0.15) is 0 Å². The third kappa shape index (κ3) is 6.19. The molecule has 1 aromatic rings. The first-order valence-corrected chi connectivity index (χ1v) is 9.34. The van der Waals surface area contributed by atoms with Crippen molar-refractivity contribution in [3.05, 3.63) is 29.3 Å². The number of halogens is 1. The van der Waals surface area contributed by atoms with Crippen LogP contribution in [0, 0.1) is 5.92 Å². The summed E-state index contributed by atoms with van der Waals surface area (Å²) in [5.74, 6) is 1.89. The number of hydrogen-bond donors (Lipinski definition) is 1. The van der Waals surface area contributed by atoms with Gasteiger partial charge < -0.3 is 10.1 Å². The van der Waals surface area contributed by atoms with Gasteiger partial charge in [0.25, 0.3) is 0 Å². The molecule has 4 heteroatoms. The van der Waals surface area contributed by atoms with Crippen LogP contribution in [0.4, 0.5) is 0 Å². The summed E-state index contributed by atoms with van der Waals surface area (Å²) < 4.78 is 5.46. The van der Waals surface area contributed by atoms with Gasteiger partial charge in [0, 0.05) is 29.9 Å². The van der Waals surface area contributed by atoms with Crippen LogP contribution in [0.15, 0.2) is 29.2 Å². The molecule has 2 rings (SSSR count). The van der Waals surface area contributed by atoms with E-state index in [4.69, 9.17) is 16.3 Å². The Balaban J connectivity index is 1.84. The summed E-state index contributed by atoms with van der Waals surface area (Å²) in [6.07, 6.45) is 4.85. The number of benzene rings is 1. The summed E-state index contributed by atoms with van der Waals surface area (Å²) in [5.41, 5.74) is 0. The molecule has 1 fully saturated rings. The smallest absolute Gasteiger partial charge is 0.0541 e. The molecule has 0 aliphatic carbocycles. The number of ether oxygens (including phenoxy) is 1. The van der Waals surface area contributed by atoms with E-state index in [1.165, 1.54) is 30.6 Å². The second-order valence-corrected chi connectivity index (χ2v) is 7.15. The largest absolute Gasteiger partial charge is 0.381 e. The lowest BCUT2D eigenvalue weighted by atomic mass is 9.93. The first-order valence-electron chi connectivity index (χ1n) is 7.98. The van der Waals surface area contributed by atoms with Crippen molar-refractivity contribution in [1.82, 2.24) is 5.32 Å². The average Bonchev–Trinajstić information content (AvgIpc) is 2.52. The number of thioether (sulfide) groups is 1. The molecule has 1 aliphatic heterocycles. The van der Waals surface area contributed by atoms with E-state index in [0.717, 1.165) is 36.5 Å². The van der Waals surface area contributed by atoms with E-state index >= 15 is 0 Å². The fourth-order valence-corrected chi connectivity index (χ4v) is 4.01. The molecule has 1 atom stereocenters. The molecule has 0 spiro atoms. The third-order valence-corrected chi connectivity index (χ3v) is 5.60. The van der Waals surface area contributed by atoms with Crippen molar-refractivity contribution in [2.45, 2.75) is 43.5 Å². The molecule has 1 aromatic carbocycles. The Morgan fingerprint density at radius 2 is 2.10 bits per heavy atom. The molecular weight excluding hydrogens is 302 g/mol. The van der Waals surface area contributed by atoms with Gasteiger partial charge in [-0.25, -0.2) is 0 Å². The van der Waals surface area contributed by atoms with Crippen molar-refractivity contribution < 1.29 is 4.74 Å². The predicted molar refractivity (Wildman–Crippen MR) is 92.4 cm³/mol. The Kier molecular flexibility index (Phi) is 7.94. The van der Waals surface area contributed by atoms with Crippen molar-refractivity contribution in [2.75, 3.05) is 25.5 Å². The van der Waals surface area contributed by atoms with Crippen molar-refractivity contribution >= 4 is 23.4 Å². The maximum Gasteiger partial charge on any atom is 0.0541 e. The monoisotopic (exact) mass is 327 g/mol. The Bertz CT molecular complexity index is 410. The van der Waals surface area contributed by atoms with Gasteiger partial charge in [-0.3, -0.25) is 0 Å². The third-order valence-electron chi connectivity index (χ3n) is 3.92. The van der Waals surface area contributed by atoms with E-state index in [9.17, 15) is 0 Å². The summed E-state index contributed by atoms with van der Waals surface area (Å²) in [6, 6.07) is 8.69. The zero-order valence-corrected chi connectivity index (χ0v) is 14.4. The topological polar surface area (TPSA) is 21.3 Å². The van der Waals surface area contributed by atoms with Crippen LogP contribution in [0.5, 0.6) is 0 Å². The summed E-state index contributed by atoms with van der Waals surface area (Å²) in [5, 5.41) is 4.57. The maximum absolute atomic E-state index is 6.25. The summed E-state index contributed by atoms with van der Waals surface area (Å²) in [4.78, 5) is 1.19. The van der Waals surface area contributed by atoms with Gasteiger partial charge in [-0.1, -0.05) is 30.7 Å². The highest BCUT2D eigenvalue weighted by molar-refractivity contribution is 7.99. The molecule has 2 nitrogen and oxygen atoms in total. The standard InChI is InChI=1S/C17H26ClNOS/c1-2-9-19-15(12-14-7-10-20-11-8-14)13-21-17-6-4-3-5-16(17)18/h3-6,14-15,19H,2,7-13H2,1H3. The lowest BCUT2D eigenvalue weighted by molar-refractivity contribution is 0.0613. The molecule has 118 valence electrons. The highest BCUT2D eigenvalue weighted by atomic mass is 35.5. The molecule has 0 amide bonds. The summed E-state index contributed by atoms with van der Waals surface area (Å²) >= 11 is 8.11. The van der Waals surface area contributed by atoms with Crippen LogP contribution >= 0.6 is 23.4 Å². The van der Waals surface area contributed by atoms with Gasteiger partial charge in [0.05, 0.1) is 5.02 Å². The molecule has 0 saturated carbocycles. The van der Waals surface area contributed by atoms with Crippen molar-refractivity contribution in [2.24, 2.45) is 5.92 Å². The minimum Gasteiger partial charge on any atom is -0.381 e. The van der Waals surface area contributed by atoms with Crippen molar-refractivity contribution in [3.8, 4) is 0 Å². The van der Waals surface area contributed by atoms with E-state index in [1.807, 2.05) is 23.9 Å². The highest BCUT2D eigenvalue weighted by Gasteiger charge is 2.19. The van der Waals surface area contributed by atoms with E-state index < -0.39 is 0 Å². The summed E-state index contributed by atoms with van der Waals surface area (Å²) in [7, 11) is 0. The molecule has 0 bridgehead atoms. The normalized spacial score (nSPS) is 17.8. The quantitative estimate of drug-likeness (QED) is 0.704. The van der Waals surface area contributed by atoms with Gasteiger partial charge >= 0.3 is 0 Å². The van der Waals surface area contributed by atoms with Gasteiger partial charge in [-0.15, -0.1) is 11.8 Å². The fraction of sp³-hybridized carbons (Fsp3) is 0.647. The Hall–Kier alpha value is -0.220. The molecular formula is C17H26ClNOS. The van der Waals surface area contributed by atoms with Crippen LogP contribution in [-0.2, 0) is 4.74 Å². The van der Waals surface area contributed by atoms with E-state index in [0.29, 0.717) is 6.04 Å². The zero-order valence-electron chi connectivity index (χ0n) is 12.8. The van der Waals surface area contributed by atoms with E-state index in [-0.39, 0.29) is 0 Å². The first kappa shape index (κ1) is 17.1. The van der Waals surface area contributed by atoms with Gasteiger partial charge in [0.15, 0.2) is 0 Å². The number of rotatable bonds is 8. The Morgan fingerprint density at radius 3 is 2.81 bits per heavy atom. The maximum atomic E-state index is 6.25. The number of nitrogens with one attached hydrogen (secondary N) is 1. The van der Waals surface area contributed by atoms with Gasteiger partial charge in [-0.05, 0) is 50.3 Å². The van der Waals surface area contributed by atoms with E-state index in [2.05, 4.69) is 24.4 Å². The van der Waals surface area contributed by atoms with Gasteiger partial charge in [0.2, 0.25) is 0 Å². The predicted octanol–water partition coefficient (Wildman–Crippen LogP) is 4.62. The average molecular weight is 328 g/mol. The molecule has 1 N–H and O–H groups in total. The Labute approximate surface area is 138 Å². The lowest BCUT2D eigenvalue weighted by Crippen LogP contribution is -2.35. The van der Waals surface area contributed by atoms with Crippen LogP contribution < -0.4 is 5.32 Å². The molecule has 1 saturated heterocycles. The number of hydrogen-bond acceptors (Lipinski definition) is 3. The molecule has 1 heterocycles. The van der Waals surface area contributed by atoms with Gasteiger partial charge in [-0.2, -0.15) is 0 Å². The minimum atomic E-state index is 0.564. The van der Waals surface area contributed by atoms with Crippen LogP contribution in [0.3, 0.4) is 0 Å². The lowest BCUT2D eigenvalue weighted by Gasteiger charge is -2.27. The van der Waals surface area contributed by atoms with Crippen LogP contribution in [0.1, 0.15) is 32.6 Å². The fourth-order valence-electron chi connectivity index (χ4n) is 2.70. The molecule has 0 aromatic heterocycles. The minimum absolute atomic E-state index is 0.564. The van der Waals surface area contributed by atoms with Crippen molar-refractivity contribution in [1.29, 1.82) is 0 Å². The zero-order chi connectivity index (χ0) is 14.9. The first-order chi connectivity index (χ1) is 10.3. The summed E-state index contributed by atoms with van der Waals surface area (Å²) in [6.45, 7) is 5.18. The van der Waals surface area contributed by atoms with E-state index in [1.54, 1.807) is 0 Å². The molecule has 1 unspecified atom stereocenters. The highest BCUT2D eigenvalue weighted by Crippen LogP contribution is 2.29. The van der Waals surface area contributed by atoms with Crippen LogP contribution in [0.2, 0.25) is 5.02 Å². The van der Waals surface area contributed by atoms with Crippen LogP contribution in [0.25, 0.3) is 0 Å². The SMILES string of the molecule is CCCNC(CSc1ccccc1Cl)CC1CCOCC1. The van der Waals surface area contributed by atoms with Crippen molar-refractivity contribution in [3.63, 3.8) is 0 Å². The second-order valence-electron chi connectivity index (χ2n) is 5.68. The molecule has 1 aliphatic rings. The molecule has 21 heavy (non-hydrogen) atoms. The Morgan fingerprint density at radius 1 is 1.33 bits per heavy atom.